The molecule has 5 heterocycles. The van der Waals surface area contributed by atoms with Crippen molar-refractivity contribution in [2.75, 3.05) is 16.6 Å². The maximum absolute atomic E-state index is 2.17. The second-order valence-electron chi connectivity index (χ2n) is 4.25. The van der Waals surface area contributed by atoms with Crippen molar-refractivity contribution >= 4 is 118 Å². The van der Waals surface area contributed by atoms with Gasteiger partial charge < -0.3 is 0 Å². The lowest BCUT2D eigenvalue weighted by Gasteiger charge is -2.32. The summed E-state index contributed by atoms with van der Waals surface area (Å²) in [6.45, 7) is 0. The second kappa shape index (κ2) is 6.79. The quantitative estimate of drug-likeness (QED) is 0.357. The van der Waals surface area contributed by atoms with Gasteiger partial charge in [-0.2, -0.15) is 0 Å². The van der Waals surface area contributed by atoms with Crippen LogP contribution < -0.4 is 0 Å². The number of thioether (sulfide) groups is 10. The molecule has 112 valence electrons. The zero-order valence-corrected chi connectivity index (χ0v) is 18.5. The number of rotatable bonds is 0. The first kappa shape index (κ1) is 15.9. The van der Waals surface area contributed by atoms with Crippen LogP contribution in [0.15, 0.2) is 25.4 Å². The van der Waals surface area contributed by atoms with Crippen molar-refractivity contribution in [3.8, 4) is 0 Å². The fourth-order valence-corrected chi connectivity index (χ4v) is 19.4. The molecule has 0 radical (unpaired) electrons. The summed E-state index contributed by atoms with van der Waals surface area (Å²) < 4.78 is 10.9. The Morgan fingerprint density at radius 2 is 1.05 bits per heavy atom. The van der Waals surface area contributed by atoms with Crippen molar-refractivity contribution in [2.45, 2.75) is 9.16 Å². The lowest BCUT2D eigenvalue weighted by Crippen LogP contribution is -2.21. The molecule has 0 amide bonds. The van der Waals surface area contributed by atoms with Gasteiger partial charge in [-0.25, -0.2) is 0 Å². The Balaban J connectivity index is 1.34. The molecular formula is C11H8S10. The Hall–Kier alpha value is 2.72. The minimum atomic E-state index is 0.767. The molecule has 21 heavy (non-hydrogen) atoms. The Labute approximate surface area is 167 Å². The molecule has 0 spiro atoms. The zero-order chi connectivity index (χ0) is 13.8. The molecular weight excluding hydrogens is 453 g/mol. The molecule has 0 N–H and O–H groups in total. The molecule has 0 aromatic rings. The van der Waals surface area contributed by atoms with Crippen molar-refractivity contribution in [3.63, 3.8) is 0 Å². The number of hydrogen-bond acceptors (Lipinski definition) is 10. The molecule has 5 aliphatic rings. The minimum absolute atomic E-state index is 0.767. The van der Waals surface area contributed by atoms with Gasteiger partial charge >= 0.3 is 0 Å². The molecule has 0 saturated carbocycles. The van der Waals surface area contributed by atoms with E-state index in [1.807, 2.05) is 70.6 Å². The summed E-state index contributed by atoms with van der Waals surface area (Å²) in [4.78, 5) is 0. The van der Waals surface area contributed by atoms with Crippen molar-refractivity contribution < 1.29 is 0 Å². The Morgan fingerprint density at radius 1 is 0.571 bits per heavy atom. The molecule has 1 fully saturated rings. The van der Waals surface area contributed by atoms with Crippen molar-refractivity contribution in [1.29, 1.82) is 0 Å². The van der Waals surface area contributed by atoms with Gasteiger partial charge in [-0.1, -0.05) is 47.0 Å². The second-order valence-corrected chi connectivity index (χ2v) is 17.6. The van der Waals surface area contributed by atoms with Gasteiger partial charge in [0, 0.05) is 16.6 Å². The van der Waals surface area contributed by atoms with E-state index in [9.17, 15) is 0 Å². The summed E-state index contributed by atoms with van der Waals surface area (Å²) in [6, 6.07) is 0. The standard InChI is InChI=1S/C11H8S10/c1-2-13-5-4(12-1)16-9-10(17-5)21-11(20-9)8-18-6-7(19-8)15-3-14-6/h4-5H,1-3H2. The molecule has 0 bridgehead atoms. The van der Waals surface area contributed by atoms with Gasteiger partial charge in [0.25, 0.3) is 0 Å². The molecule has 2 unspecified atom stereocenters. The molecule has 0 nitrogen and oxygen atoms in total. The maximum atomic E-state index is 2.17. The van der Waals surface area contributed by atoms with Crippen LogP contribution in [-0.2, 0) is 0 Å². The third-order valence-electron chi connectivity index (χ3n) is 2.94. The Bertz CT molecular complexity index is 544. The van der Waals surface area contributed by atoms with Gasteiger partial charge in [-0.05, 0) is 0 Å². The minimum Gasteiger partial charge on any atom is -0.144 e. The van der Waals surface area contributed by atoms with Crippen LogP contribution in [0.5, 0.6) is 0 Å². The van der Waals surface area contributed by atoms with Gasteiger partial charge in [0.05, 0.1) is 34.6 Å². The van der Waals surface area contributed by atoms with E-state index in [-0.39, 0.29) is 0 Å². The summed E-state index contributed by atoms with van der Waals surface area (Å²) in [6.07, 6.45) is 0. The largest absolute Gasteiger partial charge is 0.144 e. The lowest BCUT2D eigenvalue weighted by atomic mass is 10.9. The predicted octanol–water partition coefficient (Wildman–Crippen LogP) is 7.38. The molecule has 0 aliphatic carbocycles. The van der Waals surface area contributed by atoms with Crippen molar-refractivity contribution in [3.05, 3.63) is 25.4 Å². The highest BCUT2D eigenvalue weighted by Gasteiger charge is 2.40. The van der Waals surface area contributed by atoms with E-state index in [2.05, 4.69) is 47.0 Å². The van der Waals surface area contributed by atoms with Crippen LogP contribution in [0.25, 0.3) is 0 Å². The summed E-state index contributed by atoms with van der Waals surface area (Å²) in [5.41, 5.74) is 0. The Morgan fingerprint density at radius 3 is 1.57 bits per heavy atom. The van der Waals surface area contributed by atoms with Gasteiger partial charge in [-0.3, -0.25) is 0 Å². The topological polar surface area (TPSA) is 0 Å². The normalized spacial score (nSPS) is 35.4. The fraction of sp³-hybridized carbons (Fsp3) is 0.455. The van der Waals surface area contributed by atoms with Crippen molar-refractivity contribution in [1.82, 2.24) is 0 Å². The molecule has 1 saturated heterocycles. The van der Waals surface area contributed by atoms with Gasteiger partial charge in [0.15, 0.2) is 0 Å². The first-order chi connectivity index (χ1) is 10.4. The van der Waals surface area contributed by atoms with Crippen LogP contribution in [0.3, 0.4) is 0 Å². The monoisotopic (exact) mass is 460 g/mol. The van der Waals surface area contributed by atoms with Crippen molar-refractivity contribution in [2.24, 2.45) is 0 Å². The molecule has 0 aromatic heterocycles. The van der Waals surface area contributed by atoms with E-state index in [0.29, 0.717) is 0 Å². The Kier molecular flexibility index (Phi) is 5.16. The molecule has 2 atom stereocenters. The van der Waals surface area contributed by atoms with Gasteiger partial charge in [0.2, 0.25) is 0 Å². The average Bonchev–Trinajstić information content (AvgIpc) is 3.17. The molecule has 0 aromatic carbocycles. The van der Waals surface area contributed by atoms with Gasteiger partial charge in [-0.15, -0.1) is 70.6 Å². The predicted molar refractivity (Wildman–Crippen MR) is 119 cm³/mol. The van der Waals surface area contributed by atoms with E-state index >= 15 is 0 Å². The van der Waals surface area contributed by atoms with Crippen LogP contribution in [0.4, 0.5) is 0 Å². The number of hydrogen-bond donors (Lipinski definition) is 0. The third-order valence-corrected chi connectivity index (χ3v) is 19.0. The van der Waals surface area contributed by atoms with Crippen LogP contribution in [0.2, 0.25) is 0 Å². The SMILES string of the molecule is C1SC2=C(S1)SC(=C1SC3=C(S1)SC1SCCSC1S3)S2. The summed E-state index contributed by atoms with van der Waals surface area (Å²) >= 11 is 20.8. The molecule has 10 heteroatoms. The first-order valence-electron chi connectivity index (χ1n) is 6.13. The fourth-order valence-electron chi connectivity index (χ4n) is 2.05. The number of fused-ring (bicyclic) bond motifs is 1. The van der Waals surface area contributed by atoms with E-state index in [4.69, 9.17) is 0 Å². The third kappa shape index (κ3) is 3.14. The van der Waals surface area contributed by atoms with Crippen LogP contribution in [0.1, 0.15) is 0 Å². The van der Waals surface area contributed by atoms with Crippen LogP contribution >= 0.6 is 118 Å². The maximum Gasteiger partial charge on any atom is 0.0769 e. The van der Waals surface area contributed by atoms with E-state index in [1.54, 1.807) is 21.2 Å². The lowest BCUT2D eigenvalue weighted by molar-refractivity contribution is 1.30. The smallest absolute Gasteiger partial charge is 0.0769 e. The van der Waals surface area contributed by atoms with E-state index < -0.39 is 0 Å². The van der Waals surface area contributed by atoms with E-state index in [0.717, 1.165) is 9.16 Å². The summed E-state index contributed by atoms with van der Waals surface area (Å²) in [5, 5.41) is 1.21. The zero-order valence-electron chi connectivity index (χ0n) is 10.4. The highest BCUT2D eigenvalue weighted by molar-refractivity contribution is 8.49. The summed E-state index contributed by atoms with van der Waals surface area (Å²) in [7, 11) is 0. The molecule has 5 rings (SSSR count). The van der Waals surface area contributed by atoms with E-state index in [1.165, 1.54) is 20.8 Å². The van der Waals surface area contributed by atoms with Crippen LogP contribution in [-0.4, -0.2) is 25.8 Å². The first-order valence-corrected chi connectivity index (χ1v) is 15.2. The van der Waals surface area contributed by atoms with Gasteiger partial charge in [0.1, 0.15) is 0 Å². The highest BCUT2D eigenvalue weighted by atomic mass is 32.3. The van der Waals surface area contributed by atoms with Crippen LogP contribution in [0, 0.1) is 0 Å². The highest BCUT2D eigenvalue weighted by Crippen LogP contribution is 2.71. The summed E-state index contributed by atoms with van der Waals surface area (Å²) in [5.74, 6) is 2.65. The average molecular weight is 461 g/mol. The molecule has 5 aliphatic heterocycles.